The van der Waals surface area contributed by atoms with Crippen LogP contribution in [0.3, 0.4) is 0 Å². The van der Waals surface area contributed by atoms with Crippen LogP contribution in [0, 0.1) is 22.7 Å². The number of hydrogen-bond acceptors (Lipinski definition) is 3. The standard InChI is InChI=1S/C26H13N3O/c27-14-16-5-8-23-20(11-16)21-12-17(15-28)6-9-24(21)29(23)18-7-10-26-22(13-18)19-3-1-2-4-25(19)30-26/h1-13H. The van der Waals surface area contributed by atoms with Gasteiger partial charge in [0.25, 0.3) is 0 Å². The maximum absolute atomic E-state index is 9.37. The van der Waals surface area contributed by atoms with Crippen LogP contribution in [0.15, 0.2) is 83.3 Å². The normalized spacial score (nSPS) is 11.3. The predicted molar refractivity (Wildman–Crippen MR) is 117 cm³/mol. The number of fused-ring (bicyclic) bond motifs is 6. The van der Waals surface area contributed by atoms with Crippen molar-refractivity contribution in [2.24, 2.45) is 0 Å². The monoisotopic (exact) mass is 383 g/mol. The van der Waals surface area contributed by atoms with Crippen molar-refractivity contribution in [2.45, 2.75) is 0 Å². The zero-order valence-corrected chi connectivity index (χ0v) is 15.8. The molecule has 0 radical (unpaired) electrons. The molecule has 0 aliphatic heterocycles. The lowest BCUT2D eigenvalue weighted by Gasteiger charge is -2.08. The summed E-state index contributed by atoms with van der Waals surface area (Å²) in [5.74, 6) is 0. The Bertz CT molecular complexity index is 1650. The molecule has 0 unspecified atom stereocenters. The van der Waals surface area contributed by atoms with E-state index in [1.165, 1.54) is 0 Å². The van der Waals surface area contributed by atoms with E-state index in [1.54, 1.807) is 0 Å². The van der Waals surface area contributed by atoms with Gasteiger partial charge in [0, 0.05) is 27.2 Å². The third-order valence-electron chi connectivity index (χ3n) is 5.64. The van der Waals surface area contributed by atoms with E-state index in [4.69, 9.17) is 4.42 Å². The van der Waals surface area contributed by atoms with Crippen molar-refractivity contribution in [1.29, 1.82) is 10.5 Å². The number of benzene rings is 4. The van der Waals surface area contributed by atoms with Crippen LogP contribution in [0.25, 0.3) is 49.4 Å². The summed E-state index contributed by atoms with van der Waals surface area (Å²) in [5, 5.41) is 22.8. The van der Waals surface area contributed by atoms with Gasteiger partial charge in [0.1, 0.15) is 11.2 Å². The van der Waals surface area contributed by atoms with Gasteiger partial charge in [-0.3, -0.25) is 0 Å². The molecule has 4 heteroatoms. The SMILES string of the molecule is N#Cc1ccc2c(c1)c1cc(C#N)ccc1n2-c1ccc2oc3ccccc3c2c1. The summed E-state index contributed by atoms with van der Waals surface area (Å²) in [4.78, 5) is 0. The molecule has 0 aliphatic carbocycles. The first-order valence-electron chi connectivity index (χ1n) is 9.57. The maximum atomic E-state index is 9.37. The fraction of sp³-hybridized carbons (Fsp3) is 0. The topological polar surface area (TPSA) is 65.7 Å². The Morgan fingerprint density at radius 3 is 1.90 bits per heavy atom. The summed E-state index contributed by atoms with van der Waals surface area (Å²) in [5.41, 5.74) is 5.89. The number of rotatable bonds is 1. The minimum Gasteiger partial charge on any atom is -0.456 e. The molecule has 0 saturated heterocycles. The predicted octanol–water partition coefficient (Wildman–Crippen LogP) is 6.43. The fourth-order valence-corrected chi connectivity index (χ4v) is 4.29. The summed E-state index contributed by atoms with van der Waals surface area (Å²) in [6.45, 7) is 0. The Labute approximate surface area is 171 Å². The third-order valence-corrected chi connectivity index (χ3v) is 5.64. The molecular formula is C26H13N3O. The van der Waals surface area contributed by atoms with E-state index in [0.717, 1.165) is 49.4 Å². The quantitative estimate of drug-likeness (QED) is 0.329. The fourth-order valence-electron chi connectivity index (χ4n) is 4.29. The zero-order chi connectivity index (χ0) is 20.2. The molecule has 4 nitrogen and oxygen atoms in total. The molecule has 30 heavy (non-hydrogen) atoms. The summed E-state index contributed by atoms with van der Waals surface area (Å²) >= 11 is 0. The molecule has 2 heterocycles. The van der Waals surface area contributed by atoms with Crippen LogP contribution in [0.1, 0.15) is 11.1 Å². The van der Waals surface area contributed by atoms with Gasteiger partial charge in [0.05, 0.1) is 34.3 Å². The lowest BCUT2D eigenvalue weighted by Crippen LogP contribution is -1.93. The number of furan rings is 1. The second kappa shape index (κ2) is 5.98. The number of nitriles is 2. The second-order valence-corrected chi connectivity index (χ2v) is 7.30. The number of aromatic nitrogens is 1. The molecule has 6 aromatic rings. The molecule has 2 aromatic heterocycles. The van der Waals surface area contributed by atoms with Crippen LogP contribution in [0.4, 0.5) is 0 Å². The van der Waals surface area contributed by atoms with E-state index < -0.39 is 0 Å². The molecule has 0 bridgehead atoms. The Morgan fingerprint density at radius 1 is 0.600 bits per heavy atom. The molecule has 6 rings (SSSR count). The Kier molecular flexibility index (Phi) is 3.27. The molecule has 4 aromatic carbocycles. The number of hydrogen-bond donors (Lipinski definition) is 0. The van der Waals surface area contributed by atoms with Crippen molar-refractivity contribution in [3.8, 4) is 17.8 Å². The van der Waals surface area contributed by atoms with Gasteiger partial charge in [0.2, 0.25) is 0 Å². The molecule has 0 spiro atoms. The Morgan fingerprint density at radius 2 is 1.23 bits per heavy atom. The Balaban J connectivity index is 1.74. The van der Waals surface area contributed by atoms with Crippen molar-refractivity contribution in [3.05, 3.63) is 90.0 Å². The van der Waals surface area contributed by atoms with Gasteiger partial charge in [-0.2, -0.15) is 10.5 Å². The van der Waals surface area contributed by atoms with Crippen LogP contribution in [-0.4, -0.2) is 4.57 Å². The Hall–Kier alpha value is -4.54. The van der Waals surface area contributed by atoms with E-state index >= 15 is 0 Å². The largest absolute Gasteiger partial charge is 0.456 e. The van der Waals surface area contributed by atoms with Crippen molar-refractivity contribution < 1.29 is 4.42 Å². The maximum Gasteiger partial charge on any atom is 0.135 e. The van der Waals surface area contributed by atoms with Gasteiger partial charge in [0.15, 0.2) is 0 Å². The average molecular weight is 383 g/mol. The van der Waals surface area contributed by atoms with Crippen molar-refractivity contribution in [3.63, 3.8) is 0 Å². The second-order valence-electron chi connectivity index (χ2n) is 7.30. The lowest BCUT2D eigenvalue weighted by molar-refractivity contribution is 0.669. The number of nitrogens with zero attached hydrogens (tertiary/aromatic N) is 3. The highest BCUT2D eigenvalue weighted by molar-refractivity contribution is 6.11. The van der Waals surface area contributed by atoms with Crippen molar-refractivity contribution in [2.75, 3.05) is 0 Å². The molecule has 0 saturated carbocycles. The van der Waals surface area contributed by atoms with Crippen LogP contribution in [0.5, 0.6) is 0 Å². The van der Waals surface area contributed by atoms with Crippen molar-refractivity contribution >= 4 is 43.7 Å². The van der Waals surface area contributed by atoms with Crippen LogP contribution >= 0.6 is 0 Å². The van der Waals surface area contributed by atoms with E-state index in [0.29, 0.717) is 11.1 Å². The highest BCUT2D eigenvalue weighted by Crippen LogP contribution is 2.36. The van der Waals surface area contributed by atoms with Gasteiger partial charge >= 0.3 is 0 Å². The summed E-state index contributed by atoms with van der Waals surface area (Å²) < 4.78 is 8.15. The highest BCUT2D eigenvalue weighted by atomic mass is 16.3. The third kappa shape index (κ3) is 2.19. The smallest absolute Gasteiger partial charge is 0.135 e. The van der Waals surface area contributed by atoms with Gasteiger partial charge in [-0.1, -0.05) is 18.2 Å². The molecule has 0 fully saturated rings. The van der Waals surface area contributed by atoms with E-state index in [-0.39, 0.29) is 0 Å². The van der Waals surface area contributed by atoms with Gasteiger partial charge < -0.3 is 8.98 Å². The number of para-hydroxylation sites is 1. The van der Waals surface area contributed by atoms with E-state index in [9.17, 15) is 10.5 Å². The van der Waals surface area contributed by atoms with E-state index in [1.807, 2.05) is 66.7 Å². The first-order chi connectivity index (χ1) is 14.8. The van der Waals surface area contributed by atoms with Gasteiger partial charge in [-0.25, -0.2) is 0 Å². The van der Waals surface area contributed by atoms with Crippen LogP contribution < -0.4 is 0 Å². The molecular weight excluding hydrogens is 370 g/mol. The first-order valence-corrected chi connectivity index (χ1v) is 9.57. The summed E-state index contributed by atoms with van der Waals surface area (Å²) in [6.07, 6.45) is 0. The zero-order valence-electron chi connectivity index (χ0n) is 15.8. The molecule has 138 valence electrons. The van der Waals surface area contributed by atoms with Gasteiger partial charge in [-0.15, -0.1) is 0 Å². The minimum atomic E-state index is 0.597. The van der Waals surface area contributed by atoms with E-state index in [2.05, 4.69) is 28.8 Å². The van der Waals surface area contributed by atoms with Crippen LogP contribution in [0.2, 0.25) is 0 Å². The first kappa shape index (κ1) is 16.4. The van der Waals surface area contributed by atoms with Crippen LogP contribution in [-0.2, 0) is 0 Å². The average Bonchev–Trinajstić information content (AvgIpc) is 3.33. The summed E-state index contributed by atoms with van der Waals surface area (Å²) in [7, 11) is 0. The molecule has 0 atom stereocenters. The molecule has 0 amide bonds. The molecule has 0 aliphatic rings. The van der Waals surface area contributed by atoms with Gasteiger partial charge in [-0.05, 0) is 60.7 Å². The minimum absolute atomic E-state index is 0.597. The van der Waals surface area contributed by atoms with Crippen molar-refractivity contribution in [1.82, 2.24) is 4.57 Å². The lowest BCUT2D eigenvalue weighted by atomic mass is 10.1. The molecule has 0 N–H and O–H groups in total. The summed E-state index contributed by atoms with van der Waals surface area (Å²) in [6, 6.07) is 30.0. The highest BCUT2D eigenvalue weighted by Gasteiger charge is 2.15.